The molecule has 2 aliphatic rings. The lowest BCUT2D eigenvalue weighted by molar-refractivity contribution is -0.145. The van der Waals surface area contributed by atoms with Gasteiger partial charge in [0.05, 0.1) is 47.3 Å². The molecule has 1 spiro atoms. The van der Waals surface area contributed by atoms with Crippen molar-refractivity contribution in [2.45, 2.75) is 56.1 Å². The number of anilines is 2. The SMILES string of the molecule is C[C@H]1[C@H]([Si](C)(C)O)[C@@H](CCn2cc(C(CO)c3ccccc3)nn2)O[C@]12C(=O)N(c1ccccc1)c1ccc(-n3ncc4ccccc4c3=O)cc12. The van der Waals surface area contributed by atoms with Gasteiger partial charge in [0.25, 0.3) is 11.5 Å². The van der Waals surface area contributed by atoms with E-state index in [1.165, 1.54) is 4.68 Å². The Morgan fingerprint density at radius 2 is 1.63 bits per heavy atom. The van der Waals surface area contributed by atoms with Crippen molar-refractivity contribution in [3.8, 4) is 5.69 Å². The summed E-state index contributed by atoms with van der Waals surface area (Å²) in [6.45, 7) is 6.11. The maximum atomic E-state index is 15.0. The highest BCUT2D eigenvalue weighted by molar-refractivity contribution is 6.71. The number of benzene rings is 4. The zero-order chi connectivity index (χ0) is 36.2. The van der Waals surface area contributed by atoms with Crippen LogP contribution in [0.4, 0.5) is 11.4 Å². The number of carbonyl (C=O) groups is 1. The molecule has 4 aromatic carbocycles. The van der Waals surface area contributed by atoms with E-state index < -0.39 is 25.9 Å². The van der Waals surface area contributed by atoms with Crippen molar-refractivity contribution in [2.75, 3.05) is 11.5 Å². The van der Waals surface area contributed by atoms with Gasteiger partial charge in [0.2, 0.25) is 0 Å². The van der Waals surface area contributed by atoms with Crippen LogP contribution in [0.3, 0.4) is 0 Å². The fourth-order valence-electron chi connectivity index (χ4n) is 8.40. The summed E-state index contributed by atoms with van der Waals surface area (Å²) >= 11 is 0. The normalized spacial score (nSPS) is 22.0. The summed E-state index contributed by atoms with van der Waals surface area (Å²) in [7, 11) is -2.96. The lowest BCUT2D eigenvalue weighted by atomic mass is 9.82. The van der Waals surface area contributed by atoms with Crippen molar-refractivity contribution >= 4 is 36.4 Å². The largest absolute Gasteiger partial charge is 0.432 e. The summed E-state index contributed by atoms with van der Waals surface area (Å²) in [4.78, 5) is 42.2. The highest BCUT2D eigenvalue weighted by Crippen LogP contribution is 2.61. The molecule has 12 heteroatoms. The molecule has 1 fully saturated rings. The van der Waals surface area contributed by atoms with E-state index in [0.29, 0.717) is 46.7 Å². The molecule has 1 amide bonds. The Balaban J connectivity index is 1.19. The molecule has 5 atom stereocenters. The Morgan fingerprint density at radius 1 is 0.923 bits per heavy atom. The van der Waals surface area contributed by atoms with E-state index in [9.17, 15) is 14.7 Å². The molecule has 1 saturated heterocycles. The predicted octanol–water partition coefficient (Wildman–Crippen LogP) is 5.67. The number of carbonyl (C=O) groups excluding carboxylic acids is 1. The van der Waals surface area contributed by atoms with Crippen LogP contribution in [0.5, 0.6) is 0 Å². The van der Waals surface area contributed by atoms with Gasteiger partial charge in [-0.2, -0.15) is 9.78 Å². The van der Waals surface area contributed by atoms with Gasteiger partial charge in [-0.1, -0.05) is 78.9 Å². The number of ether oxygens (including phenoxy) is 1. The summed E-state index contributed by atoms with van der Waals surface area (Å²) in [6, 6.07) is 32.0. The van der Waals surface area contributed by atoms with E-state index in [4.69, 9.17) is 4.74 Å². The number of rotatable bonds is 9. The van der Waals surface area contributed by atoms with Gasteiger partial charge in [0.1, 0.15) is 0 Å². The van der Waals surface area contributed by atoms with Crippen LogP contribution in [0.1, 0.15) is 36.1 Å². The first-order chi connectivity index (χ1) is 25.1. The Hall–Kier alpha value is -5.27. The molecule has 1 unspecified atom stereocenters. The number of aromatic nitrogens is 5. The van der Waals surface area contributed by atoms with E-state index in [1.807, 2.05) is 117 Å². The molecule has 2 aliphatic heterocycles. The van der Waals surface area contributed by atoms with Crippen molar-refractivity contribution in [3.05, 3.63) is 143 Å². The van der Waals surface area contributed by atoms with Crippen molar-refractivity contribution in [3.63, 3.8) is 0 Å². The van der Waals surface area contributed by atoms with Gasteiger partial charge in [0, 0.05) is 40.8 Å². The van der Waals surface area contributed by atoms with Crippen LogP contribution in [0.2, 0.25) is 18.6 Å². The standard InChI is InChI=1S/C40H40N6O5Si/c1-26-37(52(2,3)50)36(20-21-44-24-34(42-43-44)32(25-47)27-12-6-4-7-13-27)51-40(26)33-22-30(46-38(48)31-17-11-10-14-28(31)23-41-46)18-19-35(33)45(39(40)49)29-15-8-5-9-16-29/h4-19,22-24,26,32,36-37,47,50H,20-21,25H2,1-3H3/t26-,32?,36+,37-,40+/m0/s1. The lowest BCUT2D eigenvalue weighted by Crippen LogP contribution is -2.45. The molecule has 0 bridgehead atoms. The van der Waals surface area contributed by atoms with Crippen LogP contribution in [0, 0.1) is 5.92 Å². The number of nitrogens with zero attached hydrogens (tertiary/aromatic N) is 6. The predicted molar refractivity (Wildman–Crippen MR) is 200 cm³/mol. The molecule has 8 rings (SSSR count). The van der Waals surface area contributed by atoms with E-state index in [1.54, 1.807) is 27.9 Å². The van der Waals surface area contributed by atoms with Crippen molar-refractivity contribution in [1.82, 2.24) is 24.8 Å². The van der Waals surface area contributed by atoms with Gasteiger partial charge in [-0.25, -0.2) is 0 Å². The van der Waals surface area contributed by atoms with Crippen LogP contribution in [0.25, 0.3) is 16.5 Å². The molecule has 0 aliphatic carbocycles. The third-order valence-corrected chi connectivity index (χ3v) is 13.3. The second-order valence-corrected chi connectivity index (χ2v) is 18.3. The van der Waals surface area contributed by atoms with Gasteiger partial charge < -0.3 is 14.6 Å². The number of amides is 1. The van der Waals surface area contributed by atoms with Gasteiger partial charge in [-0.3, -0.25) is 19.2 Å². The van der Waals surface area contributed by atoms with Crippen molar-refractivity contribution in [1.29, 1.82) is 0 Å². The molecule has 0 saturated carbocycles. The summed E-state index contributed by atoms with van der Waals surface area (Å²) in [5.41, 5.74) is 2.09. The van der Waals surface area contributed by atoms with E-state index >= 15 is 4.79 Å². The second-order valence-electron chi connectivity index (χ2n) is 14.3. The van der Waals surface area contributed by atoms with Crippen molar-refractivity contribution in [2.24, 2.45) is 5.92 Å². The monoisotopic (exact) mass is 712 g/mol. The molecular formula is C40H40N6O5Si. The molecule has 2 aromatic heterocycles. The van der Waals surface area contributed by atoms with Crippen LogP contribution < -0.4 is 10.5 Å². The van der Waals surface area contributed by atoms with Gasteiger partial charge in [-0.15, -0.1) is 5.10 Å². The molecule has 11 nitrogen and oxygen atoms in total. The van der Waals surface area contributed by atoms with Crippen LogP contribution in [-0.4, -0.2) is 61.6 Å². The third-order valence-electron chi connectivity index (χ3n) is 10.8. The van der Waals surface area contributed by atoms with Gasteiger partial charge in [-0.05, 0) is 61.5 Å². The lowest BCUT2D eigenvalue weighted by Gasteiger charge is -2.32. The molecule has 0 radical (unpaired) electrons. The van der Waals surface area contributed by atoms with Crippen LogP contribution >= 0.6 is 0 Å². The zero-order valence-corrected chi connectivity index (χ0v) is 30.2. The van der Waals surface area contributed by atoms with E-state index in [-0.39, 0.29) is 29.5 Å². The molecule has 6 aromatic rings. The highest BCUT2D eigenvalue weighted by atomic mass is 28.4. The average Bonchev–Trinajstić information content (AvgIpc) is 3.81. The summed E-state index contributed by atoms with van der Waals surface area (Å²) in [5, 5.41) is 24.8. The topological polar surface area (TPSA) is 136 Å². The highest BCUT2D eigenvalue weighted by Gasteiger charge is 2.66. The number of fused-ring (bicyclic) bond motifs is 3. The van der Waals surface area contributed by atoms with E-state index in [0.717, 1.165) is 10.9 Å². The Kier molecular flexibility index (Phi) is 8.49. The summed E-state index contributed by atoms with van der Waals surface area (Å²) in [5.74, 6) is -0.962. The summed E-state index contributed by atoms with van der Waals surface area (Å²) < 4.78 is 10.2. The minimum Gasteiger partial charge on any atom is -0.432 e. The Morgan fingerprint density at radius 3 is 2.37 bits per heavy atom. The quantitative estimate of drug-likeness (QED) is 0.183. The Bertz CT molecular complexity index is 2320. The molecule has 4 heterocycles. The minimum atomic E-state index is -2.96. The van der Waals surface area contributed by atoms with Gasteiger partial charge in [0.15, 0.2) is 13.9 Å². The van der Waals surface area contributed by atoms with Crippen molar-refractivity contribution < 1.29 is 19.4 Å². The number of hydrogen-bond donors (Lipinski definition) is 2. The fraction of sp³-hybridized carbons (Fsp3) is 0.275. The van der Waals surface area contributed by atoms with Gasteiger partial charge >= 0.3 is 0 Å². The number of para-hydroxylation sites is 1. The number of aryl methyl sites for hydroxylation is 1. The molecule has 2 N–H and O–H groups in total. The Labute approximate surface area is 301 Å². The fourth-order valence-corrected chi connectivity index (χ4v) is 11.0. The first-order valence-corrected chi connectivity index (χ1v) is 20.6. The maximum Gasteiger partial charge on any atom is 0.279 e. The van der Waals surface area contributed by atoms with Crippen LogP contribution in [-0.2, 0) is 21.7 Å². The molecule has 264 valence electrons. The smallest absolute Gasteiger partial charge is 0.279 e. The number of hydrogen-bond acceptors (Lipinski definition) is 8. The molecule has 52 heavy (non-hydrogen) atoms. The number of aliphatic hydroxyl groups is 1. The third kappa shape index (κ3) is 5.50. The second kappa shape index (κ2) is 13.0. The number of aliphatic hydroxyl groups excluding tert-OH is 1. The molecular weight excluding hydrogens is 673 g/mol. The average molecular weight is 713 g/mol. The van der Waals surface area contributed by atoms with E-state index in [2.05, 4.69) is 15.4 Å². The summed E-state index contributed by atoms with van der Waals surface area (Å²) in [6.07, 6.45) is 3.48. The minimum absolute atomic E-state index is 0.108. The first-order valence-electron chi connectivity index (χ1n) is 17.6. The maximum absolute atomic E-state index is 15.0. The first kappa shape index (κ1) is 33.8. The van der Waals surface area contributed by atoms with Crippen LogP contribution in [0.15, 0.2) is 120 Å². The zero-order valence-electron chi connectivity index (χ0n) is 29.2.